The molecule has 20 heavy (non-hydrogen) atoms. The summed E-state index contributed by atoms with van der Waals surface area (Å²) in [6, 6.07) is 9.95. The fraction of sp³-hybridized carbons (Fsp3) is 0.412. The highest BCUT2D eigenvalue weighted by Crippen LogP contribution is 2.12. The zero-order valence-electron chi connectivity index (χ0n) is 12.5. The van der Waals surface area contributed by atoms with Crippen LogP contribution in [-0.4, -0.2) is 15.6 Å². The zero-order valence-corrected chi connectivity index (χ0v) is 12.5. The zero-order chi connectivity index (χ0) is 14.5. The average Bonchev–Trinajstić information content (AvgIpc) is 2.89. The first kappa shape index (κ1) is 14.5. The molecule has 0 saturated heterocycles. The van der Waals surface area contributed by atoms with Crippen molar-refractivity contribution in [3.05, 3.63) is 52.8 Å². The van der Waals surface area contributed by atoms with Crippen molar-refractivity contribution in [3.8, 4) is 0 Å². The Kier molecular flexibility index (Phi) is 4.72. The quantitative estimate of drug-likeness (QED) is 0.753. The number of rotatable bonds is 6. The Bertz CT molecular complexity index is 582. The van der Waals surface area contributed by atoms with E-state index in [2.05, 4.69) is 25.9 Å². The number of hydrogen-bond donors (Lipinski definition) is 0. The largest absolute Gasteiger partial charge is 0.294 e. The van der Waals surface area contributed by atoms with Crippen molar-refractivity contribution in [1.82, 2.24) is 9.78 Å². The molecule has 0 amide bonds. The number of aryl methyl sites for hydroxylation is 3. The third kappa shape index (κ3) is 3.16. The summed E-state index contributed by atoms with van der Waals surface area (Å²) in [5, 5.41) is 4.49. The number of Topliss-reactive ketones (excluding diaryl/α,β-unsaturated/α-hetero) is 1. The van der Waals surface area contributed by atoms with E-state index in [9.17, 15) is 4.79 Å². The van der Waals surface area contributed by atoms with E-state index in [1.807, 2.05) is 35.0 Å². The molecule has 1 aromatic carbocycles. The fourth-order valence-electron chi connectivity index (χ4n) is 2.30. The predicted molar refractivity (Wildman–Crippen MR) is 81.1 cm³/mol. The van der Waals surface area contributed by atoms with E-state index in [-0.39, 0.29) is 5.78 Å². The standard InChI is InChI=1S/C17H22N2O/c1-4-13-7-9-14(10-8-13)17(20)12-16-11-15(5-2)18-19(16)6-3/h7-11H,4-6,12H2,1-3H3. The second-order valence-corrected chi connectivity index (χ2v) is 4.95. The van der Waals surface area contributed by atoms with Gasteiger partial charge in [0.25, 0.3) is 0 Å². The van der Waals surface area contributed by atoms with Crippen molar-refractivity contribution in [1.29, 1.82) is 0 Å². The minimum atomic E-state index is 0.157. The van der Waals surface area contributed by atoms with Crippen LogP contribution in [0.5, 0.6) is 0 Å². The Hall–Kier alpha value is -1.90. The van der Waals surface area contributed by atoms with Gasteiger partial charge in [-0.15, -0.1) is 0 Å². The van der Waals surface area contributed by atoms with Gasteiger partial charge >= 0.3 is 0 Å². The molecule has 0 aliphatic heterocycles. The summed E-state index contributed by atoms with van der Waals surface area (Å²) in [4.78, 5) is 12.3. The first-order valence-electron chi connectivity index (χ1n) is 7.35. The van der Waals surface area contributed by atoms with Crippen molar-refractivity contribution in [2.75, 3.05) is 0 Å². The van der Waals surface area contributed by atoms with Gasteiger partial charge in [0.05, 0.1) is 12.1 Å². The molecule has 0 N–H and O–H groups in total. The number of aromatic nitrogens is 2. The van der Waals surface area contributed by atoms with Gasteiger partial charge in [0.1, 0.15) is 0 Å². The fourth-order valence-corrected chi connectivity index (χ4v) is 2.30. The normalized spacial score (nSPS) is 10.8. The van der Waals surface area contributed by atoms with Crippen LogP contribution in [0, 0.1) is 0 Å². The van der Waals surface area contributed by atoms with Crippen LogP contribution in [0.4, 0.5) is 0 Å². The lowest BCUT2D eigenvalue weighted by molar-refractivity contribution is 0.0990. The minimum Gasteiger partial charge on any atom is -0.294 e. The Balaban J connectivity index is 2.15. The lowest BCUT2D eigenvalue weighted by Crippen LogP contribution is -2.09. The number of carbonyl (C=O) groups is 1. The highest BCUT2D eigenvalue weighted by molar-refractivity contribution is 5.97. The van der Waals surface area contributed by atoms with Crippen LogP contribution in [0.2, 0.25) is 0 Å². The van der Waals surface area contributed by atoms with Gasteiger partial charge in [-0.05, 0) is 31.4 Å². The van der Waals surface area contributed by atoms with Gasteiger partial charge in [-0.1, -0.05) is 38.1 Å². The first-order chi connectivity index (χ1) is 9.67. The van der Waals surface area contributed by atoms with E-state index in [0.29, 0.717) is 6.42 Å². The molecule has 3 nitrogen and oxygen atoms in total. The summed E-state index contributed by atoms with van der Waals surface area (Å²) in [5.74, 6) is 0.157. The third-order valence-electron chi connectivity index (χ3n) is 3.60. The molecule has 2 rings (SSSR count). The highest BCUT2D eigenvalue weighted by Gasteiger charge is 2.12. The number of nitrogens with zero attached hydrogens (tertiary/aromatic N) is 2. The number of ketones is 1. The van der Waals surface area contributed by atoms with Crippen molar-refractivity contribution >= 4 is 5.78 Å². The van der Waals surface area contributed by atoms with Crippen LogP contribution < -0.4 is 0 Å². The van der Waals surface area contributed by atoms with Crippen LogP contribution in [0.1, 0.15) is 48.1 Å². The lowest BCUT2D eigenvalue weighted by Gasteiger charge is -2.05. The van der Waals surface area contributed by atoms with Gasteiger partial charge in [0.15, 0.2) is 5.78 Å². The summed E-state index contributed by atoms with van der Waals surface area (Å²) in [7, 11) is 0. The molecule has 0 unspecified atom stereocenters. The highest BCUT2D eigenvalue weighted by atomic mass is 16.1. The van der Waals surface area contributed by atoms with Crippen LogP contribution in [0.3, 0.4) is 0 Å². The van der Waals surface area contributed by atoms with E-state index < -0.39 is 0 Å². The second kappa shape index (κ2) is 6.51. The number of hydrogen-bond acceptors (Lipinski definition) is 2. The Morgan fingerprint density at radius 2 is 1.80 bits per heavy atom. The summed E-state index contributed by atoms with van der Waals surface area (Å²) in [6.07, 6.45) is 2.32. The predicted octanol–water partition coefficient (Wildman–Crippen LogP) is 3.45. The number of carbonyl (C=O) groups excluding carboxylic acids is 1. The molecule has 0 saturated carbocycles. The van der Waals surface area contributed by atoms with E-state index in [4.69, 9.17) is 0 Å². The van der Waals surface area contributed by atoms with Gasteiger partial charge < -0.3 is 0 Å². The first-order valence-corrected chi connectivity index (χ1v) is 7.35. The summed E-state index contributed by atoms with van der Waals surface area (Å²) < 4.78 is 1.93. The SMILES string of the molecule is CCc1ccc(C(=O)Cc2cc(CC)nn2CC)cc1. The Labute approximate surface area is 120 Å². The molecule has 0 atom stereocenters. The molecule has 0 aliphatic rings. The van der Waals surface area contributed by atoms with Gasteiger partial charge in [0, 0.05) is 17.8 Å². The smallest absolute Gasteiger partial charge is 0.168 e. The maximum absolute atomic E-state index is 12.3. The van der Waals surface area contributed by atoms with Crippen LogP contribution in [0.15, 0.2) is 30.3 Å². The average molecular weight is 270 g/mol. The molecule has 0 fully saturated rings. The molecule has 2 aromatic rings. The molecule has 1 heterocycles. The maximum Gasteiger partial charge on any atom is 0.168 e. The topological polar surface area (TPSA) is 34.9 Å². The lowest BCUT2D eigenvalue weighted by atomic mass is 10.0. The Morgan fingerprint density at radius 3 is 2.35 bits per heavy atom. The van der Waals surface area contributed by atoms with Gasteiger partial charge in [-0.25, -0.2) is 0 Å². The van der Waals surface area contributed by atoms with Crippen molar-refractivity contribution in [2.24, 2.45) is 0 Å². The van der Waals surface area contributed by atoms with Gasteiger partial charge in [0.2, 0.25) is 0 Å². The van der Waals surface area contributed by atoms with Crippen molar-refractivity contribution in [3.63, 3.8) is 0 Å². The minimum absolute atomic E-state index is 0.157. The van der Waals surface area contributed by atoms with E-state index in [1.165, 1.54) is 5.56 Å². The summed E-state index contributed by atoms with van der Waals surface area (Å²) >= 11 is 0. The van der Waals surface area contributed by atoms with Crippen molar-refractivity contribution in [2.45, 2.75) is 46.6 Å². The molecule has 0 aliphatic carbocycles. The molecular weight excluding hydrogens is 248 g/mol. The molecular formula is C17H22N2O. The van der Waals surface area contributed by atoms with Gasteiger partial charge in [-0.3, -0.25) is 9.48 Å². The molecule has 106 valence electrons. The maximum atomic E-state index is 12.3. The molecule has 1 aromatic heterocycles. The van der Waals surface area contributed by atoms with E-state index in [0.717, 1.165) is 36.3 Å². The second-order valence-electron chi connectivity index (χ2n) is 4.95. The molecule has 0 radical (unpaired) electrons. The molecule has 3 heteroatoms. The molecule has 0 bridgehead atoms. The van der Waals surface area contributed by atoms with Crippen LogP contribution in [0.25, 0.3) is 0 Å². The summed E-state index contributed by atoms with van der Waals surface area (Å²) in [5.41, 5.74) is 4.10. The van der Waals surface area contributed by atoms with E-state index >= 15 is 0 Å². The van der Waals surface area contributed by atoms with Crippen molar-refractivity contribution < 1.29 is 4.79 Å². The number of benzene rings is 1. The Morgan fingerprint density at radius 1 is 1.10 bits per heavy atom. The van der Waals surface area contributed by atoms with E-state index in [1.54, 1.807) is 0 Å². The summed E-state index contributed by atoms with van der Waals surface area (Å²) in [6.45, 7) is 7.05. The van der Waals surface area contributed by atoms with Crippen LogP contribution in [-0.2, 0) is 25.8 Å². The third-order valence-corrected chi connectivity index (χ3v) is 3.60. The van der Waals surface area contributed by atoms with Crippen LogP contribution >= 0.6 is 0 Å². The monoisotopic (exact) mass is 270 g/mol. The molecule has 0 spiro atoms. The van der Waals surface area contributed by atoms with Gasteiger partial charge in [-0.2, -0.15) is 5.10 Å².